The van der Waals surface area contributed by atoms with Gasteiger partial charge >= 0.3 is 0 Å². The fraction of sp³-hybridized carbons (Fsp3) is 0.474. The van der Waals surface area contributed by atoms with Gasteiger partial charge in [-0.2, -0.15) is 0 Å². The molecule has 5 nitrogen and oxygen atoms in total. The molecule has 5 heteroatoms. The number of hydrogen-bond acceptors (Lipinski definition) is 3. The van der Waals surface area contributed by atoms with Crippen LogP contribution in [0.2, 0.25) is 0 Å². The largest absolute Gasteiger partial charge is 0.489 e. The van der Waals surface area contributed by atoms with Crippen molar-refractivity contribution in [2.75, 3.05) is 0 Å². The zero-order chi connectivity index (χ0) is 16.8. The third-order valence-electron chi connectivity index (χ3n) is 5.24. The van der Waals surface area contributed by atoms with Gasteiger partial charge in [0.1, 0.15) is 17.7 Å². The molecule has 3 heterocycles. The van der Waals surface area contributed by atoms with Gasteiger partial charge in [0.15, 0.2) is 0 Å². The molecule has 0 saturated carbocycles. The lowest BCUT2D eigenvalue weighted by Crippen LogP contribution is -2.41. The molecule has 2 aliphatic heterocycles. The lowest BCUT2D eigenvalue weighted by Gasteiger charge is -2.25. The van der Waals surface area contributed by atoms with Gasteiger partial charge < -0.3 is 14.6 Å². The molecule has 1 aromatic carbocycles. The monoisotopic (exact) mass is 325 g/mol. The van der Waals surface area contributed by atoms with Crippen LogP contribution in [0.4, 0.5) is 0 Å². The lowest BCUT2D eigenvalue weighted by molar-refractivity contribution is 0.0922. The van der Waals surface area contributed by atoms with Gasteiger partial charge in [0.25, 0.3) is 5.91 Å². The van der Waals surface area contributed by atoms with Crippen LogP contribution in [0, 0.1) is 6.92 Å². The number of nitrogens with zero attached hydrogens (tertiary/aromatic N) is 2. The highest BCUT2D eigenvalue weighted by Gasteiger charge is 2.32. The summed E-state index contributed by atoms with van der Waals surface area (Å²) in [7, 11) is 0. The van der Waals surface area contributed by atoms with Crippen molar-refractivity contribution < 1.29 is 9.53 Å². The van der Waals surface area contributed by atoms with Gasteiger partial charge in [-0.3, -0.25) is 4.79 Å². The smallest absolute Gasteiger partial charge is 0.255 e. The van der Waals surface area contributed by atoms with E-state index in [1.165, 1.54) is 0 Å². The first kappa shape index (κ1) is 15.2. The fourth-order valence-electron chi connectivity index (χ4n) is 3.73. The van der Waals surface area contributed by atoms with Crippen molar-refractivity contribution in [3.8, 4) is 5.75 Å². The van der Waals surface area contributed by atoms with Gasteiger partial charge in [-0.05, 0) is 26.3 Å². The number of carbonyl (C=O) groups excluding carboxylic acids is 1. The molecular formula is C19H23N3O2. The minimum Gasteiger partial charge on any atom is -0.489 e. The zero-order valence-corrected chi connectivity index (χ0v) is 14.4. The summed E-state index contributed by atoms with van der Waals surface area (Å²) in [5.41, 5.74) is 2.82. The number of benzene rings is 1. The quantitative estimate of drug-likeness (QED) is 0.924. The predicted octanol–water partition coefficient (Wildman–Crippen LogP) is 2.82. The Bertz CT molecular complexity index is 796. The maximum atomic E-state index is 12.8. The van der Waals surface area contributed by atoms with E-state index >= 15 is 0 Å². The molecule has 2 aromatic rings. The SMILES string of the molecule is Cc1cn2c(n1)CC[C@H](NC(=O)c1cccc3c1O[C@H](C)[C@H]3C)C2. The fourth-order valence-corrected chi connectivity index (χ4v) is 3.73. The normalized spacial score (nSPS) is 24.9. The molecule has 0 fully saturated rings. The Labute approximate surface area is 142 Å². The number of ether oxygens (including phenoxy) is 1. The summed E-state index contributed by atoms with van der Waals surface area (Å²) in [6.07, 6.45) is 3.99. The summed E-state index contributed by atoms with van der Waals surface area (Å²) < 4.78 is 8.10. The molecule has 4 rings (SSSR count). The van der Waals surface area contributed by atoms with Crippen molar-refractivity contribution in [3.05, 3.63) is 47.0 Å². The summed E-state index contributed by atoms with van der Waals surface area (Å²) in [5, 5.41) is 3.18. The van der Waals surface area contributed by atoms with Crippen LogP contribution in [0.15, 0.2) is 24.4 Å². The second kappa shape index (κ2) is 5.65. The van der Waals surface area contributed by atoms with E-state index in [2.05, 4.69) is 41.0 Å². The average Bonchev–Trinajstić information content (AvgIpc) is 3.06. The number of rotatable bonds is 2. The molecule has 126 valence electrons. The minimum atomic E-state index is -0.0431. The molecule has 0 radical (unpaired) electrons. The van der Waals surface area contributed by atoms with E-state index in [-0.39, 0.29) is 18.1 Å². The Kier molecular flexibility index (Phi) is 3.59. The molecule has 3 atom stereocenters. The Morgan fingerprint density at radius 3 is 3.04 bits per heavy atom. The van der Waals surface area contributed by atoms with E-state index in [1.807, 2.05) is 19.1 Å². The van der Waals surface area contributed by atoms with Crippen LogP contribution in [0.25, 0.3) is 0 Å². The Hall–Kier alpha value is -2.30. The maximum absolute atomic E-state index is 12.8. The number of fused-ring (bicyclic) bond motifs is 2. The molecule has 2 aliphatic rings. The highest BCUT2D eigenvalue weighted by Crippen LogP contribution is 2.40. The number of amides is 1. The zero-order valence-electron chi connectivity index (χ0n) is 14.4. The van der Waals surface area contributed by atoms with E-state index in [1.54, 1.807) is 0 Å². The van der Waals surface area contributed by atoms with Gasteiger partial charge in [-0.1, -0.05) is 19.1 Å². The summed E-state index contributed by atoms with van der Waals surface area (Å²) in [5.74, 6) is 2.15. The van der Waals surface area contributed by atoms with E-state index in [0.717, 1.165) is 42.2 Å². The van der Waals surface area contributed by atoms with Crippen LogP contribution in [0.5, 0.6) is 5.75 Å². The standard InChI is InChI=1S/C19H23N3O2/c1-11-9-22-10-14(7-8-17(22)20-11)21-19(23)16-6-4-5-15-12(2)13(3)24-18(15)16/h4-6,9,12-14H,7-8,10H2,1-3H3,(H,21,23)/t12-,13-,14+/m1/s1. The highest BCUT2D eigenvalue weighted by molar-refractivity contribution is 5.97. The van der Waals surface area contributed by atoms with Crippen molar-refractivity contribution in [3.63, 3.8) is 0 Å². The van der Waals surface area contributed by atoms with Gasteiger partial charge in [-0.15, -0.1) is 0 Å². The highest BCUT2D eigenvalue weighted by atomic mass is 16.5. The minimum absolute atomic E-state index is 0.0431. The van der Waals surface area contributed by atoms with Gasteiger partial charge in [0.05, 0.1) is 11.3 Å². The second-order valence-electron chi connectivity index (χ2n) is 7.00. The first-order valence-corrected chi connectivity index (χ1v) is 8.66. The van der Waals surface area contributed by atoms with Crippen LogP contribution in [-0.2, 0) is 13.0 Å². The number of aromatic nitrogens is 2. The molecule has 0 unspecified atom stereocenters. The number of aryl methyl sites for hydroxylation is 2. The first-order chi connectivity index (χ1) is 11.5. The third-order valence-corrected chi connectivity index (χ3v) is 5.24. The van der Waals surface area contributed by atoms with Crippen molar-refractivity contribution in [2.24, 2.45) is 0 Å². The third kappa shape index (κ3) is 2.48. The van der Waals surface area contributed by atoms with E-state index in [0.29, 0.717) is 11.5 Å². The lowest BCUT2D eigenvalue weighted by atomic mass is 9.96. The number of nitrogens with one attached hydrogen (secondary N) is 1. The average molecular weight is 325 g/mol. The predicted molar refractivity (Wildman–Crippen MR) is 91.5 cm³/mol. The van der Waals surface area contributed by atoms with E-state index in [9.17, 15) is 4.79 Å². The molecule has 1 amide bonds. The second-order valence-corrected chi connectivity index (χ2v) is 7.00. The Morgan fingerprint density at radius 2 is 2.21 bits per heavy atom. The summed E-state index contributed by atoms with van der Waals surface area (Å²) >= 11 is 0. The van der Waals surface area contributed by atoms with Gasteiger partial charge in [0.2, 0.25) is 0 Å². The van der Waals surface area contributed by atoms with Crippen LogP contribution < -0.4 is 10.1 Å². The molecule has 1 N–H and O–H groups in total. The number of imidazole rings is 1. The van der Waals surface area contributed by atoms with Crippen LogP contribution in [-0.4, -0.2) is 27.6 Å². The van der Waals surface area contributed by atoms with Crippen molar-refractivity contribution in [1.29, 1.82) is 0 Å². The van der Waals surface area contributed by atoms with Crippen LogP contribution >= 0.6 is 0 Å². The summed E-state index contributed by atoms with van der Waals surface area (Å²) in [4.78, 5) is 17.3. The Morgan fingerprint density at radius 1 is 1.38 bits per heavy atom. The van der Waals surface area contributed by atoms with E-state index in [4.69, 9.17) is 4.74 Å². The molecule has 0 saturated heterocycles. The van der Waals surface area contributed by atoms with Crippen molar-refractivity contribution >= 4 is 5.91 Å². The molecular weight excluding hydrogens is 302 g/mol. The Balaban J connectivity index is 1.52. The van der Waals surface area contributed by atoms with Crippen LogP contribution in [0.3, 0.4) is 0 Å². The first-order valence-electron chi connectivity index (χ1n) is 8.66. The van der Waals surface area contributed by atoms with Crippen molar-refractivity contribution in [2.45, 2.75) is 58.2 Å². The molecule has 1 aromatic heterocycles. The molecule has 0 spiro atoms. The molecule has 0 aliphatic carbocycles. The number of para-hydroxylation sites is 1. The number of carbonyl (C=O) groups is 1. The topological polar surface area (TPSA) is 56.2 Å². The summed E-state index contributed by atoms with van der Waals surface area (Å²) in [6, 6.07) is 5.99. The van der Waals surface area contributed by atoms with Gasteiger partial charge in [0, 0.05) is 36.7 Å². The molecule has 0 bridgehead atoms. The summed E-state index contributed by atoms with van der Waals surface area (Å²) in [6.45, 7) is 6.98. The van der Waals surface area contributed by atoms with E-state index < -0.39 is 0 Å². The van der Waals surface area contributed by atoms with Crippen LogP contribution in [0.1, 0.15) is 53.6 Å². The molecule has 24 heavy (non-hydrogen) atoms. The number of hydrogen-bond donors (Lipinski definition) is 1. The van der Waals surface area contributed by atoms with Gasteiger partial charge in [-0.25, -0.2) is 4.98 Å². The maximum Gasteiger partial charge on any atom is 0.255 e. The van der Waals surface area contributed by atoms with Crippen molar-refractivity contribution in [1.82, 2.24) is 14.9 Å².